The van der Waals surface area contributed by atoms with Crippen LogP contribution in [0.4, 0.5) is 0 Å². The monoisotopic (exact) mass is 277 g/mol. The summed E-state index contributed by atoms with van der Waals surface area (Å²) in [5.41, 5.74) is 3.00. The van der Waals surface area contributed by atoms with Crippen LogP contribution in [-0.4, -0.2) is 15.6 Å². The van der Waals surface area contributed by atoms with E-state index in [0.717, 1.165) is 16.5 Å². The Hall–Kier alpha value is -2.81. The summed E-state index contributed by atoms with van der Waals surface area (Å²) in [6.45, 7) is 4.41. The van der Waals surface area contributed by atoms with Crippen LogP contribution in [-0.2, 0) is 6.54 Å². The Bertz CT molecular complexity index is 816. The Kier molecular flexibility index (Phi) is 3.32. The van der Waals surface area contributed by atoms with E-state index in [9.17, 15) is 9.90 Å². The van der Waals surface area contributed by atoms with Gasteiger partial charge in [-0.25, -0.2) is 4.79 Å². The highest BCUT2D eigenvalue weighted by atomic mass is 16.4. The first-order valence-electron chi connectivity index (χ1n) is 6.73. The molecule has 1 N–H and O–H groups in total. The van der Waals surface area contributed by atoms with Gasteiger partial charge < -0.3 is 9.67 Å². The van der Waals surface area contributed by atoms with E-state index in [1.54, 1.807) is 6.08 Å². The Labute approximate surface area is 122 Å². The number of aromatic carboxylic acids is 1. The molecule has 0 bridgehead atoms. The number of hydrogen-bond donors (Lipinski definition) is 1. The van der Waals surface area contributed by atoms with Crippen molar-refractivity contribution in [3.63, 3.8) is 0 Å². The fourth-order valence-electron chi connectivity index (χ4n) is 2.70. The zero-order valence-electron chi connectivity index (χ0n) is 11.5. The molecule has 104 valence electrons. The number of fused-ring (bicyclic) bond motifs is 1. The second kappa shape index (κ2) is 5.29. The van der Waals surface area contributed by atoms with Crippen LogP contribution in [0, 0.1) is 0 Å². The van der Waals surface area contributed by atoms with Crippen molar-refractivity contribution < 1.29 is 9.90 Å². The molecule has 0 saturated carbocycles. The van der Waals surface area contributed by atoms with Crippen LogP contribution in [0.3, 0.4) is 0 Å². The topological polar surface area (TPSA) is 42.2 Å². The van der Waals surface area contributed by atoms with E-state index in [1.807, 2.05) is 59.2 Å². The first-order chi connectivity index (χ1) is 10.2. The van der Waals surface area contributed by atoms with Gasteiger partial charge in [0.1, 0.15) is 0 Å². The lowest BCUT2D eigenvalue weighted by atomic mass is 10.1. The molecular weight excluding hydrogens is 262 g/mol. The molecule has 0 amide bonds. The number of rotatable bonds is 4. The van der Waals surface area contributed by atoms with Crippen LogP contribution < -0.4 is 0 Å². The standard InChI is InChI=1S/C18H15NO2/c1-2-15-17(18(20)21)14-10-6-7-11-16(14)19(15)12-13-8-4-3-5-9-13/h2-11H,1,12H2,(H,20,21). The van der Waals surface area contributed by atoms with Gasteiger partial charge in [-0.2, -0.15) is 0 Å². The summed E-state index contributed by atoms with van der Waals surface area (Å²) in [6, 6.07) is 17.5. The molecule has 2 aromatic carbocycles. The predicted octanol–water partition coefficient (Wildman–Crippen LogP) is 4.03. The molecule has 0 saturated heterocycles. The number of carboxylic acids is 1. The van der Waals surface area contributed by atoms with E-state index in [1.165, 1.54) is 0 Å². The number of carboxylic acid groups (broad SMARTS) is 1. The number of para-hydroxylation sites is 1. The van der Waals surface area contributed by atoms with Gasteiger partial charge in [-0.1, -0.05) is 55.1 Å². The number of aromatic nitrogens is 1. The smallest absolute Gasteiger partial charge is 0.338 e. The molecule has 1 aromatic heterocycles. The summed E-state index contributed by atoms with van der Waals surface area (Å²) in [5, 5.41) is 10.3. The Morgan fingerprint density at radius 2 is 1.76 bits per heavy atom. The largest absolute Gasteiger partial charge is 0.478 e. The summed E-state index contributed by atoms with van der Waals surface area (Å²) in [4.78, 5) is 11.6. The highest BCUT2D eigenvalue weighted by Gasteiger charge is 2.19. The lowest BCUT2D eigenvalue weighted by Gasteiger charge is -2.09. The van der Waals surface area contributed by atoms with Crippen molar-refractivity contribution in [1.82, 2.24) is 4.57 Å². The van der Waals surface area contributed by atoms with Gasteiger partial charge in [-0.15, -0.1) is 0 Å². The second-order valence-corrected chi connectivity index (χ2v) is 4.86. The molecule has 0 aliphatic rings. The maximum atomic E-state index is 11.6. The molecule has 0 aliphatic heterocycles. The third-order valence-electron chi connectivity index (χ3n) is 3.60. The highest BCUT2D eigenvalue weighted by Crippen LogP contribution is 2.28. The molecule has 3 nitrogen and oxygen atoms in total. The molecule has 1 heterocycles. The number of carbonyl (C=O) groups is 1. The van der Waals surface area contributed by atoms with E-state index >= 15 is 0 Å². The minimum Gasteiger partial charge on any atom is -0.478 e. The molecule has 0 aliphatic carbocycles. The summed E-state index contributed by atoms with van der Waals surface area (Å²) in [6.07, 6.45) is 1.62. The third-order valence-corrected chi connectivity index (χ3v) is 3.60. The van der Waals surface area contributed by atoms with Gasteiger partial charge in [0.15, 0.2) is 0 Å². The molecule has 0 radical (unpaired) electrons. The van der Waals surface area contributed by atoms with E-state index in [4.69, 9.17) is 0 Å². The summed E-state index contributed by atoms with van der Waals surface area (Å²) < 4.78 is 2.00. The second-order valence-electron chi connectivity index (χ2n) is 4.86. The van der Waals surface area contributed by atoms with Crippen LogP contribution in [0.15, 0.2) is 61.2 Å². The Morgan fingerprint density at radius 1 is 1.10 bits per heavy atom. The van der Waals surface area contributed by atoms with Crippen LogP contribution in [0.25, 0.3) is 17.0 Å². The summed E-state index contributed by atoms with van der Waals surface area (Å²) in [7, 11) is 0. The Balaban J connectivity index is 2.26. The van der Waals surface area contributed by atoms with E-state index < -0.39 is 5.97 Å². The minimum absolute atomic E-state index is 0.316. The van der Waals surface area contributed by atoms with Gasteiger partial charge in [0.05, 0.1) is 11.3 Å². The van der Waals surface area contributed by atoms with Gasteiger partial charge in [-0.05, 0) is 17.7 Å². The summed E-state index contributed by atoms with van der Waals surface area (Å²) in [5.74, 6) is -0.923. The van der Waals surface area contributed by atoms with Crippen molar-refractivity contribution in [1.29, 1.82) is 0 Å². The zero-order valence-corrected chi connectivity index (χ0v) is 11.5. The van der Waals surface area contributed by atoms with Crippen molar-refractivity contribution in [3.8, 4) is 0 Å². The van der Waals surface area contributed by atoms with Crippen LogP contribution in [0.5, 0.6) is 0 Å². The number of nitrogens with zero attached hydrogens (tertiary/aromatic N) is 1. The lowest BCUT2D eigenvalue weighted by Crippen LogP contribution is -2.04. The fraction of sp³-hybridized carbons (Fsp3) is 0.0556. The fourth-order valence-corrected chi connectivity index (χ4v) is 2.70. The predicted molar refractivity (Wildman–Crippen MR) is 84.5 cm³/mol. The van der Waals surface area contributed by atoms with Gasteiger partial charge in [0, 0.05) is 17.4 Å². The molecule has 0 unspecified atom stereocenters. The van der Waals surface area contributed by atoms with Crippen LogP contribution >= 0.6 is 0 Å². The first-order valence-corrected chi connectivity index (χ1v) is 6.73. The number of hydrogen-bond acceptors (Lipinski definition) is 1. The van der Waals surface area contributed by atoms with Crippen molar-refractivity contribution >= 4 is 22.9 Å². The van der Waals surface area contributed by atoms with Crippen molar-refractivity contribution in [2.24, 2.45) is 0 Å². The average molecular weight is 277 g/mol. The quantitative estimate of drug-likeness (QED) is 0.782. The van der Waals surface area contributed by atoms with E-state index in [0.29, 0.717) is 17.8 Å². The highest BCUT2D eigenvalue weighted by molar-refractivity contribution is 6.07. The molecule has 3 rings (SSSR count). The summed E-state index contributed by atoms with van der Waals surface area (Å²) >= 11 is 0. The van der Waals surface area contributed by atoms with E-state index in [-0.39, 0.29) is 0 Å². The SMILES string of the molecule is C=Cc1c(C(=O)O)c2ccccc2n1Cc1ccccc1. The zero-order chi connectivity index (χ0) is 14.8. The normalized spacial score (nSPS) is 10.7. The molecule has 21 heavy (non-hydrogen) atoms. The Morgan fingerprint density at radius 3 is 2.43 bits per heavy atom. The van der Waals surface area contributed by atoms with Crippen LogP contribution in [0.1, 0.15) is 21.6 Å². The van der Waals surface area contributed by atoms with Crippen molar-refractivity contribution in [2.75, 3.05) is 0 Å². The molecule has 0 fully saturated rings. The molecule has 3 heteroatoms. The van der Waals surface area contributed by atoms with Crippen LogP contribution in [0.2, 0.25) is 0 Å². The average Bonchev–Trinajstić information content (AvgIpc) is 2.82. The first kappa shape index (κ1) is 13.2. The minimum atomic E-state index is -0.923. The lowest BCUT2D eigenvalue weighted by molar-refractivity contribution is 0.0698. The van der Waals surface area contributed by atoms with Gasteiger partial charge >= 0.3 is 5.97 Å². The third kappa shape index (κ3) is 2.23. The number of benzene rings is 2. The molecule has 0 spiro atoms. The molecule has 3 aromatic rings. The molecule has 0 atom stereocenters. The van der Waals surface area contributed by atoms with Crippen molar-refractivity contribution in [3.05, 3.63) is 78.0 Å². The maximum absolute atomic E-state index is 11.6. The maximum Gasteiger partial charge on any atom is 0.338 e. The van der Waals surface area contributed by atoms with Gasteiger partial charge in [0.2, 0.25) is 0 Å². The van der Waals surface area contributed by atoms with Crippen molar-refractivity contribution in [2.45, 2.75) is 6.54 Å². The van der Waals surface area contributed by atoms with Gasteiger partial charge in [-0.3, -0.25) is 0 Å². The van der Waals surface area contributed by atoms with Gasteiger partial charge in [0.25, 0.3) is 0 Å². The molecular formula is C18H15NO2. The van der Waals surface area contributed by atoms with E-state index in [2.05, 4.69) is 6.58 Å².